The van der Waals surface area contributed by atoms with E-state index in [9.17, 15) is 4.79 Å². The maximum Gasteiger partial charge on any atom is 0.229 e. The molecule has 0 N–H and O–H groups in total. The third-order valence-electron chi connectivity index (χ3n) is 4.74. The number of hydrogen-bond donors (Lipinski definition) is 0. The van der Waals surface area contributed by atoms with E-state index >= 15 is 0 Å². The van der Waals surface area contributed by atoms with Crippen LogP contribution >= 0.6 is 0 Å². The molecule has 2 aromatic carbocycles. The molecule has 1 heterocycles. The van der Waals surface area contributed by atoms with Crippen molar-refractivity contribution >= 4 is 16.7 Å². The van der Waals surface area contributed by atoms with Crippen LogP contribution in [0, 0.1) is 0 Å². The van der Waals surface area contributed by atoms with Gasteiger partial charge in [0, 0.05) is 12.1 Å². The van der Waals surface area contributed by atoms with Gasteiger partial charge in [-0.2, -0.15) is 0 Å². The first kappa shape index (κ1) is 14.9. The minimum atomic E-state index is 0.0444. The first-order valence-corrected chi connectivity index (χ1v) is 8.42. The van der Waals surface area contributed by atoms with Gasteiger partial charge in [0.2, 0.25) is 5.91 Å². The van der Waals surface area contributed by atoms with Gasteiger partial charge in [-0.15, -0.1) is 0 Å². The predicted octanol–water partition coefficient (Wildman–Crippen LogP) is 4.12. The second-order valence-corrected chi connectivity index (χ2v) is 6.44. The van der Waals surface area contributed by atoms with E-state index < -0.39 is 0 Å². The lowest BCUT2D eigenvalue weighted by Gasteiger charge is -2.30. The van der Waals surface area contributed by atoms with Gasteiger partial charge in [-0.05, 0) is 36.1 Å². The molecule has 1 aromatic heterocycles. The maximum absolute atomic E-state index is 12.9. The van der Waals surface area contributed by atoms with Gasteiger partial charge in [0.1, 0.15) is 6.26 Å². The number of aromatic nitrogens is 1. The van der Waals surface area contributed by atoms with Gasteiger partial charge < -0.3 is 9.42 Å². The second kappa shape index (κ2) is 6.11. The average molecular weight is 320 g/mol. The number of carbonyl (C=O) groups is 1. The highest BCUT2D eigenvalue weighted by Gasteiger charge is 2.36. The van der Waals surface area contributed by atoms with Crippen LogP contribution in [0.5, 0.6) is 0 Å². The van der Waals surface area contributed by atoms with Crippen LogP contribution in [0.3, 0.4) is 0 Å². The molecule has 0 bridgehead atoms. The summed E-state index contributed by atoms with van der Waals surface area (Å²) >= 11 is 0. The molecule has 0 spiro atoms. The Morgan fingerprint density at radius 1 is 1.21 bits per heavy atom. The Labute approximate surface area is 141 Å². The predicted molar refractivity (Wildman–Crippen MR) is 92.4 cm³/mol. The van der Waals surface area contributed by atoms with Crippen LogP contribution in [0.1, 0.15) is 37.1 Å². The maximum atomic E-state index is 12.9. The highest BCUT2D eigenvalue weighted by atomic mass is 16.5. The molecule has 4 rings (SSSR count). The van der Waals surface area contributed by atoms with Crippen molar-refractivity contribution in [2.75, 3.05) is 0 Å². The van der Waals surface area contributed by atoms with Gasteiger partial charge in [0.25, 0.3) is 0 Å². The molecular weight excluding hydrogens is 300 g/mol. The molecule has 1 amide bonds. The van der Waals surface area contributed by atoms with Crippen molar-refractivity contribution in [3.8, 4) is 0 Å². The fourth-order valence-corrected chi connectivity index (χ4v) is 3.43. The average Bonchev–Trinajstić information content (AvgIpc) is 3.30. The minimum Gasteiger partial charge on any atom is -0.364 e. The summed E-state index contributed by atoms with van der Waals surface area (Å²) in [4.78, 5) is 14.9. The molecule has 24 heavy (non-hydrogen) atoms. The summed E-state index contributed by atoms with van der Waals surface area (Å²) in [6, 6.07) is 16.8. The number of fused-ring (bicyclic) bond motifs is 1. The molecule has 1 aliphatic rings. The van der Waals surface area contributed by atoms with Gasteiger partial charge in [0.05, 0.1) is 18.2 Å². The molecule has 1 saturated carbocycles. The highest BCUT2D eigenvalue weighted by Crippen LogP contribution is 2.37. The van der Waals surface area contributed by atoms with Crippen molar-refractivity contribution in [2.24, 2.45) is 0 Å². The first-order valence-electron chi connectivity index (χ1n) is 8.42. The fraction of sp³-hybridized carbons (Fsp3) is 0.300. The number of amides is 1. The van der Waals surface area contributed by atoms with E-state index in [1.807, 2.05) is 11.0 Å². The van der Waals surface area contributed by atoms with Crippen LogP contribution in [0.2, 0.25) is 0 Å². The number of nitrogens with zero attached hydrogens (tertiary/aromatic N) is 2. The summed E-state index contributed by atoms with van der Waals surface area (Å²) in [5.74, 6) is 0.117. The van der Waals surface area contributed by atoms with Gasteiger partial charge >= 0.3 is 0 Å². The second-order valence-electron chi connectivity index (χ2n) is 6.44. The third kappa shape index (κ3) is 2.80. The topological polar surface area (TPSA) is 46.3 Å². The molecule has 4 heteroatoms. The summed E-state index contributed by atoms with van der Waals surface area (Å²) in [6.07, 6.45) is 3.97. The molecule has 0 unspecified atom stereocenters. The molecular formula is C20H20N2O2. The van der Waals surface area contributed by atoms with Crippen LogP contribution in [0.15, 0.2) is 59.3 Å². The SMILES string of the molecule is C[C@H](c1cccc2ccccc12)N(C(=O)Cc1ccon1)C1CC1. The Morgan fingerprint density at radius 3 is 2.75 bits per heavy atom. The van der Waals surface area contributed by atoms with Crippen LogP contribution in [0.25, 0.3) is 10.8 Å². The smallest absolute Gasteiger partial charge is 0.229 e. The van der Waals surface area contributed by atoms with E-state index in [4.69, 9.17) is 4.52 Å². The molecule has 1 fully saturated rings. The van der Waals surface area contributed by atoms with Crippen molar-refractivity contribution in [3.05, 3.63) is 66.1 Å². The molecule has 0 aliphatic heterocycles. The Hall–Kier alpha value is -2.62. The molecule has 1 atom stereocenters. The standard InChI is InChI=1S/C20H20N2O2/c1-14(18-8-4-6-15-5-2-3-7-19(15)18)22(17-9-10-17)20(23)13-16-11-12-24-21-16/h2-8,11-12,14,17H,9-10,13H2,1H3/t14-/m1/s1. The summed E-state index contributed by atoms with van der Waals surface area (Å²) in [5.41, 5.74) is 1.89. The third-order valence-corrected chi connectivity index (χ3v) is 4.74. The van der Waals surface area contributed by atoms with Crippen LogP contribution in [-0.4, -0.2) is 22.0 Å². The minimum absolute atomic E-state index is 0.0444. The first-order chi connectivity index (χ1) is 11.7. The lowest BCUT2D eigenvalue weighted by molar-refractivity contribution is -0.133. The van der Waals surface area contributed by atoms with Crippen LogP contribution in [-0.2, 0) is 11.2 Å². The number of benzene rings is 2. The number of rotatable bonds is 5. The monoisotopic (exact) mass is 320 g/mol. The van der Waals surface area contributed by atoms with E-state index in [2.05, 4.69) is 48.5 Å². The van der Waals surface area contributed by atoms with Crippen molar-refractivity contribution in [2.45, 2.75) is 38.3 Å². The molecule has 4 nitrogen and oxygen atoms in total. The molecule has 1 aliphatic carbocycles. The zero-order valence-corrected chi connectivity index (χ0v) is 13.7. The lowest BCUT2D eigenvalue weighted by Crippen LogP contribution is -2.36. The summed E-state index contributed by atoms with van der Waals surface area (Å²) < 4.78 is 4.85. The van der Waals surface area contributed by atoms with E-state index in [0.29, 0.717) is 18.2 Å². The summed E-state index contributed by atoms with van der Waals surface area (Å²) in [5, 5.41) is 6.30. The van der Waals surface area contributed by atoms with Gasteiger partial charge in [0.15, 0.2) is 0 Å². The zero-order chi connectivity index (χ0) is 16.5. The van der Waals surface area contributed by atoms with E-state index in [1.54, 1.807) is 6.07 Å². The normalized spacial score (nSPS) is 15.4. The quantitative estimate of drug-likeness (QED) is 0.710. The lowest BCUT2D eigenvalue weighted by atomic mass is 9.98. The van der Waals surface area contributed by atoms with E-state index in [-0.39, 0.29) is 11.9 Å². The van der Waals surface area contributed by atoms with Gasteiger partial charge in [-0.3, -0.25) is 4.79 Å². The Bertz CT molecular complexity index is 848. The summed E-state index contributed by atoms with van der Waals surface area (Å²) in [6.45, 7) is 2.13. The molecule has 0 saturated heterocycles. The fourth-order valence-electron chi connectivity index (χ4n) is 3.43. The van der Waals surface area contributed by atoms with Crippen LogP contribution < -0.4 is 0 Å². The summed E-state index contributed by atoms with van der Waals surface area (Å²) in [7, 11) is 0. The van der Waals surface area contributed by atoms with Gasteiger partial charge in [-0.1, -0.05) is 47.6 Å². The molecule has 0 radical (unpaired) electrons. The van der Waals surface area contributed by atoms with E-state index in [0.717, 1.165) is 12.8 Å². The van der Waals surface area contributed by atoms with Crippen molar-refractivity contribution in [1.82, 2.24) is 10.1 Å². The largest absolute Gasteiger partial charge is 0.364 e. The zero-order valence-electron chi connectivity index (χ0n) is 13.7. The van der Waals surface area contributed by atoms with Crippen molar-refractivity contribution in [3.63, 3.8) is 0 Å². The Morgan fingerprint density at radius 2 is 2.00 bits per heavy atom. The molecule has 122 valence electrons. The number of hydrogen-bond acceptors (Lipinski definition) is 3. The molecule has 3 aromatic rings. The van der Waals surface area contributed by atoms with Crippen LogP contribution in [0.4, 0.5) is 0 Å². The van der Waals surface area contributed by atoms with Crippen molar-refractivity contribution < 1.29 is 9.32 Å². The van der Waals surface area contributed by atoms with E-state index in [1.165, 1.54) is 22.6 Å². The Balaban J connectivity index is 1.66. The number of carbonyl (C=O) groups excluding carboxylic acids is 1. The van der Waals surface area contributed by atoms with Crippen molar-refractivity contribution in [1.29, 1.82) is 0 Å². The highest BCUT2D eigenvalue weighted by molar-refractivity contribution is 5.87. The Kier molecular flexibility index (Phi) is 3.81. The van der Waals surface area contributed by atoms with Gasteiger partial charge in [-0.25, -0.2) is 0 Å².